The first-order chi connectivity index (χ1) is 15.5. The monoisotopic (exact) mass is 435 g/mol. The lowest BCUT2D eigenvalue weighted by Gasteiger charge is -2.44. The number of amides is 2. The number of likely N-dealkylation sites (tertiary alicyclic amines) is 1. The predicted molar refractivity (Wildman–Crippen MR) is 121 cm³/mol. The summed E-state index contributed by atoms with van der Waals surface area (Å²) in [5, 5.41) is 11.7. The Bertz CT molecular complexity index is 1000. The molecule has 32 heavy (non-hydrogen) atoms. The van der Waals surface area contributed by atoms with Crippen molar-refractivity contribution in [1.29, 1.82) is 0 Å². The molecular formula is C25H33N5O2. The molecule has 2 aromatic rings. The number of nitrogens with zero attached hydrogens (tertiary/aromatic N) is 4. The molecule has 0 unspecified atom stereocenters. The third kappa shape index (κ3) is 4.17. The fourth-order valence-electron chi connectivity index (χ4n) is 5.69. The second kappa shape index (κ2) is 8.68. The molecule has 3 heterocycles. The summed E-state index contributed by atoms with van der Waals surface area (Å²) in [6.07, 6.45) is 8.79. The van der Waals surface area contributed by atoms with E-state index in [1.54, 1.807) is 0 Å². The van der Waals surface area contributed by atoms with Crippen molar-refractivity contribution < 1.29 is 9.59 Å². The van der Waals surface area contributed by atoms with Crippen LogP contribution < -0.4 is 5.32 Å². The Morgan fingerprint density at radius 1 is 1.09 bits per heavy atom. The van der Waals surface area contributed by atoms with E-state index in [1.807, 2.05) is 23.1 Å². The number of aromatic nitrogens is 3. The molecule has 2 aliphatic heterocycles. The van der Waals surface area contributed by atoms with E-state index >= 15 is 0 Å². The van der Waals surface area contributed by atoms with Crippen molar-refractivity contribution in [1.82, 2.24) is 25.0 Å². The first kappa shape index (κ1) is 21.2. The van der Waals surface area contributed by atoms with E-state index in [1.165, 1.54) is 18.4 Å². The van der Waals surface area contributed by atoms with Crippen LogP contribution in [0.15, 0.2) is 24.3 Å². The van der Waals surface area contributed by atoms with E-state index in [0.29, 0.717) is 12.2 Å². The zero-order valence-electron chi connectivity index (χ0n) is 19.0. The van der Waals surface area contributed by atoms with Crippen LogP contribution in [0.25, 0.3) is 0 Å². The normalized spacial score (nSPS) is 20.3. The number of hydrogen-bond donors (Lipinski definition) is 1. The van der Waals surface area contributed by atoms with Gasteiger partial charge < -0.3 is 14.8 Å². The number of benzene rings is 1. The Balaban J connectivity index is 1.22. The third-order valence-corrected chi connectivity index (χ3v) is 7.87. The first-order valence-corrected chi connectivity index (χ1v) is 12.1. The van der Waals surface area contributed by atoms with Gasteiger partial charge in [-0.2, -0.15) is 0 Å². The van der Waals surface area contributed by atoms with Gasteiger partial charge in [0.05, 0.1) is 6.42 Å². The molecule has 3 aliphatic rings. The van der Waals surface area contributed by atoms with E-state index in [4.69, 9.17) is 0 Å². The number of fused-ring (bicyclic) bond motifs is 1. The Kier molecular flexibility index (Phi) is 5.74. The SMILES string of the molecule is Cc1ccccc1CC(=O)N1CCC2(CCc3nnc(C(=O)NC4CCCC4)n3C2)CC1. The number of aryl methyl sites for hydroxylation is 2. The first-order valence-electron chi connectivity index (χ1n) is 12.1. The quantitative estimate of drug-likeness (QED) is 0.800. The molecule has 1 aromatic heterocycles. The van der Waals surface area contributed by atoms with Crippen molar-refractivity contribution in [2.45, 2.75) is 77.3 Å². The molecular weight excluding hydrogens is 402 g/mol. The maximum absolute atomic E-state index is 12.9. The molecule has 5 rings (SSSR count). The fraction of sp³-hybridized carbons (Fsp3) is 0.600. The van der Waals surface area contributed by atoms with Crippen LogP contribution in [0.3, 0.4) is 0 Å². The molecule has 7 nitrogen and oxygen atoms in total. The van der Waals surface area contributed by atoms with Gasteiger partial charge in [0.25, 0.3) is 5.91 Å². The minimum absolute atomic E-state index is 0.0847. The lowest BCUT2D eigenvalue weighted by Crippen LogP contribution is -2.47. The molecule has 1 aliphatic carbocycles. The third-order valence-electron chi connectivity index (χ3n) is 7.87. The molecule has 1 saturated heterocycles. The van der Waals surface area contributed by atoms with Gasteiger partial charge in [0.15, 0.2) is 0 Å². The van der Waals surface area contributed by atoms with Crippen molar-refractivity contribution in [3.63, 3.8) is 0 Å². The lowest BCUT2D eigenvalue weighted by molar-refractivity contribution is -0.133. The summed E-state index contributed by atoms with van der Waals surface area (Å²) >= 11 is 0. The molecule has 2 amide bonds. The minimum atomic E-state index is -0.0847. The zero-order valence-corrected chi connectivity index (χ0v) is 19.0. The molecule has 1 N–H and O–H groups in total. The molecule has 1 saturated carbocycles. The number of rotatable bonds is 4. The molecule has 0 atom stereocenters. The average molecular weight is 436 g/mol. The van der Waals surface area contributed by atoms with Gasteiger partial charge >= 0.3 is 0 Å². The Hall–Kier alpha value is -2.70. The summed E-state index contributed by atoms with van der Waals surface area (Å²) in [4.78, 5) is 27.8. The highest BCUT2D eigenvalue weighted by Crippen LogP contribution is 2.41. The maximum atomic E-state index is 12.9. The van der Waals surface area contributed by atoms with Gasteiger partial charge in [0.1, 0.15) is 5.82 Å². The molecule has 0 bridgehead atoms. The summed E-state index contributed by atoms with van der Waals surface area (Å²) in [7, 11) is 0. The molecule has 0 radical (unpaired) electrons. The minimum Gasteiger partial charge on any atom is -0.347 e. The van der Waals surface area contributed by atoms with Crippen molar-refractivity contribution in [3.8, 4) is 0 Å². The van der Waals surface area contributed by atoms with Crippen LogP contribution in [0, 0.1) is 12.3 Å². The zero-order chi connectivity index (χ0) is 22.1. The highest BCUT2D eigenvalue weighted by Gasteiger charge is 2.40. The van der Waals surface area contributed by atoms with Crippen molar-refractivity contribution in [3.05, 3.63) is 47.0 Å². The van der Waals surface area contributed by atoms with E-state index in [-0.39, 0.29) is 23.3 Å². The smallest absolute Gasteiger partial charge is 0.289 e. The van der Waals surface area contributed by atoms with Crippen molar-refractivity contribution in [2.24, 2.45) is 5.41 Å². The van der Waals surface area contributed by atoms with Crippen molar-refractivity contribution in [2.75, 3.05) is 13.1 Å². The molecule has 170 valence electrons. The largest absolute Gasteiger partial charge is 0.347 e. The van der Waals surface area contributed by atoms with Crippen LogP contribution in [0.1, 0.15) is 72.5 Å². The fourth-order valence-corrected chi connectivity index (χ4v) is 5.69. The van der Waals surface area contributed by atoms with E-state index < -0.39 is 0 Å². The van der Waals surface area contributed by atoms with Gasteiger partial charge in [-0.25, -0.2) is 0 Å². The van der Waals surface area contributed by atoms with Gasteiger partial charge in [0.2, 0.25) is 11.7 Å². The van der Waals surface area contributed by atoms with E-state index in [0.717, 1.165) is 69.5 Å². The Morgan fingerprint density at radius 3 is 2.59 bits per heavy atom. The molecule has 2 fully saturated rings. The van der Waals surface area contributed by atoms with Gasteiger partial charge in [-0.15, -0.1) is 10.2 Å². The predicted octanol–water partition coefficient (Wildman–Crippen LogP) is 3.06. The number of nitrogens with one attached hydrogen (secondary N) is 1. The summed E-state index contributed by atoms with van der Waals surface area (Å²) in [6.45, 7) is 4.41. The summed E-state index contributed by atoms with van der Waals surface area (Å²) < 4.78 is 2.05. The van der Waals surface area contributed by atoms with Crippen LogP contribution in [-0.2, 0) is 24.2 Å². The summed E-state index contributed by atoms with van der Waals surface area (Å²) in [6, 6.07) is 8.40. The van der Waals surface area contributed by atoms with Gasteiger partial charge in [-0.3, -0.25) is 9.59 Å². The highest BCUT2D eigenvalue weighted by molar-refractivity contribution is 5.91. The number of hydrogen-bond acceptors (Lipinski definition) is 4. The van der Waals surface area contributed by atoms with E-state index in [2.05, 4.69) is 33.1 Å². The second-order valence-corrected chi connectivity index (χ2v) is 9.96. The van der Waals surface area contributed by atoms with Crippen LogP contribution in [-0.4, -0.2) is 50.6 Å². The van der Waals surface area contributed by atoms with Crippen LogP contribution in [0.2, 0.25) is 0 Å². The maximum Gasteiger partial charge on any atom is 0.289 e. The topological polar surface area (TPSA) is 80.1 Å². The van der Waals surface area contributed by atoms with Crippen LogP contribution >= 0.6 is 0 Å². The van der Waals surface area contributed by atoms with E-state index in [9.17, 15) is 9.59 Å². The number of carbonyl (C=O) groups is 2. The standard InChI is InChI=1S/C25H33N5O2/c1-18-6-2-3-7-19(18)16-22(31)29-14-12-25(13-15-29)11-10-21-27-28-23(30(21)17-25)24(32)26-20-8-4-5-9-20/h2-3,6-7,20H,4-5,8-17H2,1H3,(H,26,32). The number of piperidine rings is 1. The Morgan fingerprint density at radius 2 is 1.84 bits per heavy atom. The second-order valence-electron chi connectivity index (χ2n) is 9.96. The van der Waals surface area contributed by atoms with Crippen molar-refractivity contribution >= 4 is 11.8 Å². The highest BCUT2D eigenvalue weighted by atomic mass is 16.2. The van der Waals surface area contributed by atoms with Gasteiger partial charge in [0, 0.05) is 32.1 Å². The summed E-state index contributed by atoms with van der Waals surface area (Å²) in [5.74, 6) is 1.51. The lowest BCUT2D eigenvalue weighted by atomic mass is 9.73. The molecule has 7 heteroatoms. The van der Waals surface area contributed by atoms with Gasteiger partial charge in [-0.05, 0) is 55.6 Å². The molecule has 1 aromatic carbocycles. The number of carbonyl (C=O) groups excluding carboxylic acids is 2. The summed E-state index contributed by atoms with van der Waals surface area (Å²) in [5.41, 5.74) is 2.41. The molecule has 1 spiro atoms. The van der Waals surface area contributed by atoms with Crippen LogP contribution in [0.5, 0.6) is 0 Å². The average Bonchev–Trinajstić information content (AvgIpc) is 3.45. The van der Waals surface area contributed by atoms with Crippen LogP contribution in [0.4, 0.5) is 0 Å². The van der Waals surface area contributed by atoms with Gasteiger partial charge in [-0.1, -0.05) is 37.1 Å². The Labute approximate surface area is 189 Å².